The number of ether oxygens (including phenoxy) is 4. The van der Waals surface area contributed by atoms with Crippen LogP contribution in [0.25, 0.3) is 0 Å². The minimum Gasteiger partial charge on any atom is -0.494 e. The molecule has 0 fully saturated rings. The van der Waals surface area contributed by atoms with Gasteiger partial charge in [-0.15, -0.1) is 0 Å². The summed E-state index contributed by atoms with van der Waals surface area (Å²) in [7, 11) is 0. The Kier molecular flexibility index (Phi) is 33.3. The van der Waals surface area contributed by atoms with Gasteiger partial charge in [0.05, 0.1) is 52.1 Å². The number of hydrogen-bond acceptors (Lipinski definition) is 10. The molecule has 0 atom stereocenters. The Morgan fingerprint density at radius 1 is 0.329 bits per heavy atom. The van der Waals surface area contributed by atoms with E-state index in [2.05, 4.69) is 34.3 Å². The Morgan fingerprint density at radius 2 is 0.595 bits per heavy atom. The number of halogens is 1. The van der Waals surface area contributed by atoms with Crippen molar-refractivity contribution in [2.45, 2.75) is 219 Å². The summed E-state index contributed by atoms with van der Waals surface area (Å²) < 4.78 is 23.2. The monoisotopic (exact) mass is 1100 g/mol. The highest BCUT2D eigenvalue weighted by Gasteiger charge is 2.15. The second kappa shape index (κ2) is 41.2. The molecule has 0 aliphatic heterocycles. The molecule has 0 bridgehead atoms. The summed E-state index contributed by atoms with van der Waals surface area (Å²) in [6.45, 7) is 5.97. The lowest BCUT2D eigenvalue weighted by molar-refractivity contribution is 0.0732. The van der Waals surface area contributed by atoms with E-state index in [4.69, 9.17) is 30.5 Å². The maximum atomic E-state index is 13.1. The van der Waals surface area contributed by atoms with E-state index in [9.17, 15) is 9.59 Å². The fraction of sp³-hybridized carbons (Fsp3) is 0.529. The summed E-state index contributed by atoms with van der Waals surface area (Å²) in [5, 5.41) is 17.5. The second-order valence-electron chi connectivity index (χ2n) is 21.2. The Balaban J connectivity index is 0.911. The lowest BCUT2D eigenvalue weighted by Crippen LogP contribution is -2.10. The average Bonchev–Trinajstić information content (AvgIpc) is 3.47. The minimum absolute atomic E-state index is 0.0453. The van der Waals surface area contributed by atoms with Gasteiger partial charge in [0.2, 0.25) is 0 Å². The molecule has 79 heavy (non-hydrogen) atoms. The van der Waals surface area contributed by atoms with Crippen LogP contribution >= 0.6 is 11.6 Å². The predicted molar refractivity (Wildman–Crippen MR) is 326 cm³/mol. The van der Waals surface area contributed by atoms with E-state index in [0.717, 1.165) is 24.3 Å². The molecule has 5 aromatic carbocycles. The number of hydrogen-bond donors (Lipinski definition) is 0. The summed E-state index contributed by atoms with van der Waals surface area (Å²) in [5.74, 6) is 0.591. The lowest BCUT2D eigenvalue weighted by atomic mass is 10.0. The summed E-state index contributed by atoms with van der Waals surface area (Å²) in [4.78, 5) is 26.2. The van der Waals surface area contributed by atoms with Crippen molar-refractivity contribution in [3.63, 3.8) is 0 Å². The van der Waals surface area contributed by atoms with Crippen molar-refractivity contribution in [2.24, 2.45) is 20.5 Å². The van der Waals surface area contributed by atoms with Gasteiger partial charge in [0.25, 0.3) is 0 Å². The SMILES string of the molecule is CCCCCCCCCCCCCCCCCCOc1ccc(N=Nc2ccc(C(=O)Oc3ccc(Cl)c(OC(=O)c4ccc(N=Nc5ccc(OCCCCCCCCCCCCCCCCCC)cc5)cc4)c3)cc2)cc1. The molecule has 0 N–H and O–H groups in total. The van der Waals surface area contributed by atoms with Crippen LogP contribution in [-0.2, 0) is 0 Å². The highest BCUT2D eigenvalue weighted by molar-refractivity contribution is 6.32. The third kappa shape index (κ3) is 28.7. The van der Waals surface area contributed by atoms with E-state index in [1.54, 1.807) is 48.5 Å². The van der Waals surface area contributed by atoms with Gasteiger partial charge in [-0.05, 0) is 122 Å². The normalized spacial score (nSPS) is 11.4. The van der Waals surface area contributed by atoms with Crippen LogP contribution in [0.2, 0.25) is 5.02 Å². The molecule has 0 unspecified atom stereocenters. The molecule has 0 heterocycles. The molecule has 0 aliphatic carbocycles. The van der Waals surface area contributed by atoms with Gasteiger partial charge in [0, 0.05) is 6.07 Å². The minimum atomic E-state index is -0.640. The van der Waals surface area contributed by atoms with Crippen molar-refractivity contribution in [2.75, 3.05) is 13.2 Å². The van der Waals surface area contributed by atoms with Crippen LogP contribution in [0, 0.1) is 0 Å². The quantitative estimate of drug-likeness (QED) is 0.0166. The predicted octanol–water partition coefficient (Wildman–Crippen LogP) is 22.9. The van der Waals surface area contributed by atoms with Gasteiger partial charge in [-0.25, -0.2) is 9.59 Å². The molecule has 11 heteroatoms. The molecule has 0 radical (unpaired) electrons. The zero-order valence-electron chi connectivity index (χ0n) is 48.1. The van der Waals surface area contributed by atoms with Gasteiger partial charge < -0.3 is 18.9 Å². The molecular formula is C68H93ClN4O6. The molecule has 5 aromatic rings. The number of rotatable bonds is 44. The van der Waals surface area contributed by atoms with Crippen molar-refractivity contribution in [1.29, 1.82) is 0 Å². The number of azo groups is 2. The van der Waals surface area contributed by atoms with Crippen molar-refractivity contribution in [1.82, 2.24) is 0 Å². The highest BCUT2D eigenvalue weighted by Crippen LogP contribution is 2.31. The third-order valence-corrected chi connectivity index (χ3v) is 14.6. The number of nitrogens with zero attached hydrogens (tertiary/aromatic N) is 4. The zero-order valence-corrected chi connectivity index (χ0v) is 48.9. The Bertz CT molecular complexity index is 2440. The van der Waals surface area contributed by atoms with Crippen LogP contribution in [0.15, 0.2) is 136 Å². The molecule has 0 aliphatic rings. The smallest absolute Gasteiger partial charge is 0.343 e. The van der Waals surface area contributed by atoms with E-state index in [1.807, 2.05) is 48.5 Å². The summed E-state index contributed by atoms with van der Waals surface area (Å²) in [6, 6.07) is 32.7. The standard InChI is InChI=1S/C68H93ClN4O6/c1-3-5-7-9-11-13-15-17-19-21-23-25-27-29-31-33-53-76-62-47-43-60(44-48-62)72-70-58-39-35-56(36-40-58)67(74)78-64-51-52-65(69)66(55-64)79-68(75)57-37-41-59(42-38-57)71-73-61-45-49-63(50-46-61)77-54-34-32-30-28-26-24-22-20-18-16-14-12-10-8-6-4-2/h35-52,55H,3-34,53-54H2,1-2H3. The van der Waals surface area contributed by atoms with E-state index in [0.29, 0.717) is 41.5 Å². The lowest BCUT2D eigenvalue weighted by Gasteiger charge is -2.09. The first-order valence-electron chi connectivity index (χ1n) is 30.6. The second-order valence-corrected chi connectivity index (χ2v) is 21.6. The topological polar surface area (TPSA) is 121 Å². The molecule has 10 nitrogen and oxygen atoms in total. The summed E-state index contributed by atoms with van der Waals surface area (Å²) >= 11 is 6.39. The van der Waals surface area contributed by atoms with Gasteiger partial charge in [0.15, 0.2) is 5.75 Å². The third-order valence-electron chi connectivity index (χ3n) is 14.3. The van der Waals surface area contributed by atoms with Crippen LogP contribution in [0.5, 0.6) is 23.0 Å². The summed E-state index contributed by atoms with van der Waals surface area (Å²) in [5.41, 5.74) is 3.10. The fourth-order valence-corrected chi connectivity index (χ4v) is 9.56. The van der Waals surface area contributed by atoms with Gasteiger partial charge in [-0.1, -0.05) is 218 Å². The molecule has 428 valence electrons. The maximum absolute atomic E-state index is 13.1. The first kappa shape index (κ1) is 64.0. The number of benzene rings is 5. The molecule has 5 rings (SSSR count). The van der Waals surface area contributed by atoms with Crippen LogP contribution in [0.1, 0.15) is 240 Å². The van der Waals surface area contributed by atoms with E-state index in [1.165, 1.54) is 211 Å². The summed E-state index contributed by atoms with van der Waals surface area (Å²) in [6.07, 6.45) is 43.1. The highest BCUT2D eigenvalue weighted by atomic mass is 35.5. The average molecular weight is 1100 g/mol. The number of carbonyl (C=O) groups is 2. The first-order chi connectivity index (χ1) is 38.9. The zero-order chi connectivity index (χ0) is 55.6. The van der Waals surface area contributed by atoms with Crippen LogP contribution in [0.3, 0.4) is 0 Å². The molecule has 0 aromatic heterocycles. The van der Waals surface area contributed by atoms with E-state index >= 15 is 0 Å². The van der Waals surface area contributed by atoms with Crippen molar-refractivity contribution >= 4 is 46.3 Å². The first-order valence-corrected chi connectivity index (χ1v) is 31.0. The molecule has 0 saturated carbocycles. The molecular weight excluding hydrogens is 1000 g/mol. The van der Waals surface area contributed by atoms with E-state index < -0.39 is 11.9 Å². The number of carbonyl (C=O) groups excluding carboxylic acids is 2. The largest absolute Gasteiger partial charge is 0.494 e. The van der Waals surface area contributed by atoms with Gasteiger partial charge in [0.1, 0.15) is 17.2 Å². The van der Waals surface area contributed by atoms with Gasteiger partial charge in [-0.2, -0.15) is 20.5 Å². The fourth-order valence-electron chi connectivity index (χ4n) is 9.41. The molecule has 0 saturated heterocycles. The van der Waals surface area contributed by atoms with Crippen molar-refractivity contribution in [3.05, 3.63) is 131 Å². The Morgan fingerprint density at radius 3 is 0.911 bits per heavy atom. The number of esters is 2. The van der Waals surface area contributed by atoms with Gasteiger partial charge >= 0.3 is 11.9 Å². The van der Waals surface area contributed by atoms with E-state index in [-0.39, 0.29) is 22.1 Å². The van der Waals surface area contributed by atoms with Crippen LogP contribution in [0.4, 0.5) is 22.7 Å². The van der Waals surface area contributed by atoms with Crippen LogP contribution < -0.4 is 18.9 Å². The molecule has 0 spiro atoms. The Hall–Kier alpha value is -5.87. The molecule has 0 amide bonds. The number of unbranched alkanes of at least 4 members (excludes halogenated alkanes) is 30. The van der Waals surface area contributed by atoms with Crippen molar-refractivity contribution < 1.29 is 28.5 Å². The Labute approximate surface area is 480 Å². The van der Waals surface area contributed by atoms with Crippen LogP contribution in [-0.4, -0.2) is 25.2 Å². The van der Waals surface area contributed by atoms with Crippen molar-refractivity contribution in [3.8, 4) is 23.0 Å². The van der Waals surface area contributed by atoms with Gasteiger partial charge in [-0.3, -0.25) is 0 Å². The maximum Gasteiger partial charge on any atom is 0.343 e.